The van der Waals surface area contributed by atoms with Crippen molar-refractivity contribution in [1.82, 2.24) is 0 Å². The summed E-state index contributed by atoms with van der Waals surface area (Å²) in [6, 6.07) is 0. The van der Waals surface area contributed by atoms with Gasteiger partial charge in [-0.15, -0.1) is 0 Å². The number of hydrogen-bond donors (Lipinski definition) is 2. The van der Waals surface area contributed by atoms with Crippen LogP contribution in [0.5, 0.6) is 0 Å². The fourth-order valence-corrected chi connectivity index (χ4v) is 0.612. The molecule has 0 heterocycles. The number of thioether (sulfide) groups is 2. The van der Waals surface area contributed by atoms with E-state index in [2.05, 4.69) is 145 Å². The van der Waals surface area contributed by atoms with Crippen LogP contribution in [0.15, 0.2) is 0 Å². The van der Waals surface area contributed by atoms with Gasteiger partial charge in [-0.05, 0) is 105 Å². The number of Topliss-reactive ketones (excluding diaryl/α,β-unsaturated/α-hetero) is 4. The summed E-state index contributed by atoms with van der Waals surface area (Å²) in [5.74, 6) is 2.99. The molecule has 0 unspecified atom stereocenters. The van der Waals surface area contributed by atoms with Crippen molar-refractivity contribution >= 4 is 172 Å². The predicted octanol–water partition coefficient (Wildman–Crippen LogP) is 18.5. The van der Waals surface area contributed by atoms with Crippen molar-refractivity contribution in [2.24, 2.45) is 0 Å². The van der Waals surface area contributed by atoms with E-state index >= 15 is 0 Å². The molecule has 0 rings (SSSR count). The molecular formula is C35H94I5O4S4V2. The van der Waals surface area contributed by atoms with Gasteiger partial charge in [0.15, 0.2) is 0 Å². The van der Waals surface area contributed by atoms with E-state index in [4.69, 9.17) is 0 Å². The molecular weight excluding hydrogens is 1350 g/mol. The number of carbonyl (C=O) groups excluding carboxylic acids is 4. The predicted molar refractivity (Wildman–Crippen MR) is 300 cm³/mol. The Kier molecular flexibility index (Phi) is 488. The fraction of sp³-hybridized carbons (Fsp3) is 0.886. The summed E-state index contributed by atoms with van der Waals surface area (Å²) in [5.41, 5.74) is 0. The van der Waals surface area contributed by atoms with Crippen LogP contribution in [0.25, 0.3) is 0 Å². The molecule has 15 heteroatoms. The van der Waals surface area contributed by atoms with Gasteiger partial charge in [0.1, 0.15) is 23.1 Å². The Bertz CT molecular complexity index is 328. The number of ketones is 4. The minimum atomic E-state index is -0.278. The van der Waals surface area contributed by atoms with E-state index in [0.717, 1.165) is 5.75 Å². The van der Waals surface area contributed by atoms with Crippen molar-refractivity contribution in [2.75, 3.05) is 36.5 Å². The van der Waals surface area contributed by atoms with Crippen LogP contribution in [0.4, 0.5) is 0 Å². The van der Waals surface area contributed by atoms with Gasteiger partial charge in [-0.3, -0.25) is 0 Å². The number of carbonyl (C=O) groups is 4. The zero-order valence-electron chi connectivity index (χ0n) is 35.0. The average Bonchev–Trinajstić information content (AvgIpc) is 2.99. The first kappa shape index (κ1) is 117. The summed E-state index contributed by atoms with van der Waals surface area (Å²) in [6.07, 6.45) is 10.4. The molecule has 0 aromatic rings. The molecule has 0 radical (unpaired) electrons. The number of thiol groups is 2. The molecule has 0 N–H and O–H groups in total. The first-order valence-corrected chi connectivity index (χ1v) is 42.4. The Balaban J connectivity index is -0.0000000138. The van der Waals surface area contributed by atoms with E-state index in [1.54, 1.807) is 18.0 Å². The topological polar surface area (TPSA) is 68.3 Å². The van der Waals surface area contributed by atoms with Gasteiger partial charge >= 0.3 is 114 Å². The second-order valence-electron chi connectivity index (χ2n) is 6.01. The van der Waals surface area contributed by atoms with Crippen molar-refractivity contribution in [3.63, 3.8) is 0 Å². The van der Waals surface area contributed by atoms with E-state index in [1.165, 1.54) is 74.0 Å². The molecule has 0 spiro atoms. The van der Waals surface area contributed by atoms with Crippen LogP contribution in [0.1, 0.15) is 174 Å². The van der Waals surface area contributed by atoms with Crippen molar-refractivity contribution < 1.29 is 33.6 Å². The Hall–Kier alpha value is 4.90. The van der Waals surface area contributed by atoms with Crippen molar-refractivity contribution in [3.8, 4) is 0 Å². The number of halogens is 5. The van der Waals surface area contributed by atoms with E-state index in [-0.39, 0.29) is 50.3 Å². The summed E-state index contributed by atoms with van der Waals surface area (Å²) < 4.78 is 0. The summed E-state index contributed by atoms with van der Waals surface area (Å²) >= 11 is 23.2. The third-order valence-corrected chi connectivity index (χ3v) is 1.90. The van der Waals surface area contributed by atoms with E-state index in [9.17, 15) is 19.2 Å². The SMILES string of the molecule is C.C.C.CC.CC.CC.CC.CC.CC(C)=O.CC(C)=O.CC(C)=O.CC(C)=O.CCCS.CCCSC.CS.CSC.[I][V]([I])[I].[I][V][I]. The molecule has 0 saturated carbocycles. The van der Waals surface area contributed by atoms with Crippen LogP contribution in [0, 0.1) is 0 Å². The van der Waals surface area contributed by atoms with Crippen LogP contribution in [-0.2, 0) is 33.6 Å². The van der Waals surface area contributed by atoms with Crippen molar-refractivity contribution in [2.45, 2.75) is 174 Å². The standard InChI is InChI=1S/C4H10S.4C3H6O.C3H8S.C2H6S.5C2H6.CH4S.3CH4.5HI.2V/c1-3-4-5-2;4*1-3(2)4;1-2-3-4;1-3-2;6*1-2;;;;;;;;;;/h3-4H2,1-2H3;4*1-2H3;4H,2-3H2,1H3;1-2H3;5*1-2H3;2H,1H3;3*1H4;5*1H;;/q;;;;;;;;;;;;;;;;;;;;;+2;+3/p-5. The zero-order valence-corrected chi connectivity index (χ0v) is 52.0. The Morgan fingerprint density at radius 1 is 0.540 bits per heavy atom. The van der Waals surface area contributed by atoms with Gasteiger partial charge in [-0.1, -0.05) is 105 Å². The summed E-state index contributed by atoms with van der Waals surface area (Å²) in [6.45, 7) is 36.5. The summed E-state index contributed by atoms with van der Waals surface area (Å²) in [5, 5.41) is 0. The molecule has 0 bridgehead atoms. The first-order chi connectivity index (χ1) is 21.8. The van der Waals surface area contributed by atoms with Crippen molar-refractivity contribution in [3.05, 3.63) is 0 Å². The molecule has 0 aliphatic heterocycles. The molecule has 0 aliphatic carbocycles. The van der Waals surface area contributed by atoms with Gasteiger partial charge in [0.25, 0.3) is 0 Å². The molecule has 0 aliphatic rings. The maximum atomic E-state index is 9.44. The number of hydrogen-bond acceptors (Lipinski definition) is 8. The maximum absolute atomic E-state index is 9.44. The van der Waals surface area contributed by atoms with Gasteiger partial charge in [0.05, 0.1) is 0 Å². The van der Waals surface area contributed by atoms with Crippen molar-refractivity contribution in [1.29, 1.82) is 0 Å². The Labute approximate surface area is 408 Å². The van der Waals surface area contributed by atoms with Crippen LogP contribution in [-0.4, -0.2) is 59.7 Å². The van der Waals surface area contributed by atoms with E-state index in [0.29, 0.717) is 9.47 Å². The first-order valence-electron chi connectivity index (χ1n) is 15.4. The van der Waals surface area contributed by atoms with Gasteiger partial charge in [-0.25, -0.2) is 0 Å². The minimum absolute atomic E-state index is 0. The van der Waals surface area contributed by atoms with Crippen LogP contribution in [0.3, 0.4) is 0 Å². The number of rotatable bonds is 3. The molecule has 0 aromatic heterocycles. The van der Waals surface area contributed by atoms with E-state index in [1.807, 2.05) is 93.5 Å². The monoisotopic (exact) mass is 1440 g/mol. The normalized spacial score (nSPS) is 5.60. The third-order valence-electron chi connectivity index (χ3n) is 0.632. The molecule has 0 fully saturated rings. The third kappa shape index (κ3) is 2280. The quantitative estimate of drug-likeness (QED) is 0.217. The molecule has 0 amide bonds. The zero-order chi connectivity index (χ0) is 42.8. The Morgan fingerprint density at radius 2 is 0.620 bits per heavy atom. The van der Waals surface area contributed by atoms with Gasteiger partial charge in [0, 0.05) is 0 Å². The van der Waals surface area contributed by atoms with E-state index < -0.39 is 0 Å². The Morgan fingerprint density at radius 3 is 0.620 bits per heavy atom. The molecule has 0 aromatic carbocycles. The molecule has 4 nitrogen and oxygen atoms in total. The van der Waals surface area contributed by atoms with Gasteiger partial charge < -0.3 is 19.2 Å². The average molecular weight is 1440 g/mol. The second-order valence-corrected chi connectivity index (χ2v) is 55.4. The second kappa shape index (κ2) is 208. The van der Waals surface area contributed by atoms with Gasteiger partial charge in [0.2, 0.25) is 0 Å². The molecule has 0 atom stereocenters. The van der Waals surface area contributed by atoms with Crippen LogP contribution in [0.2, 0.25) is 0 Å². The summed E-state index contributed by atoms with van der Waals surface area (Å²) in [4.78, 5) is 37.5. The molecule has 327 valence electrons. The summed E-state index contributed by atoms with van der Waals surface area (Å²) in [7, 11) is 0.628. The van der Waals surface area contributed by atoms with Gasteiger partial charge in [-0.2, -0.15) is 48.8 Å². The van der Waals surface area contributed by atoms with Crippen LogP contribution >= 0.6 is 149 Å². The fourth-order valence-electron chi connectivity index (χ4n) is 0.204. The molecule has 0 saturated heterocycles. The molecule has 50 heavy (non-hydrogen) atoms. The van der Waals surface area contributed by atoms with Crippen LogP contribution < -0.4 is 0 Å².